The minimum absolute atomic E-state index is 0.0352. The number of benzene rings is 1. The summed E-state index contributed by atoms with van der Waals surface area (Å²) in [7, 11) is -7.96. The van der Waals surface area contributed by atoms with Gasteiger partial charge in [0.25, 0.3) is 15.9 Å². The number of sulfonamides is 2. The van der Waals surface area contributed by atoms with Crippen LogP contribution in [0.3, 0.4) is 0 Å². The van der Waals surface area contributed by atoms with Crippen LogP contribution in [0, 0.1) is 11.8 Å². The first-order valence-corrected chi connectivity index (χ1v) is 13.3. The second kappa shape index (κ2) is 7.95. The number of hydrogen-bond acceptors (Lipinski definition) is 8. The first kappa shape index (κ1) is 22.9. The molecule has 12 nitrogen and oxygen atoms in total. The maximum absolute atomic E-state index is 13.3. The van der Waals surface area contributed by atoms with Crippen molar-refractivity contribution in [2.45, 2.75) is 25.2 Å². The Morgan fingerprint density at radius 3 is 2.61 bits per heavy atom. The summed E-state index contributed by atoms with van der Waals surface area (Å²) in [6.45, 7) is 4.29. The van der Waals surface area contributed by atoms with Gasteiger partial charge in [0.15, 0.2) is 5.92 Å². The molecule has 14 heteroatoms. The summed E-state index contributed by atoms with van der Waals surface area (Å²) in [5, 5.41) is 2.77. The van der Waals surface area contributed by atoms with Crippen molar-refractivity contribution in [3.05, 3.63) is 30.6 Å². The zero-order valence-electron chi connectivity index (χ0n) is 18.0. The predicted molar refractivity (Wildman–Crippen MR) is 121 cm³/mol. The van der Waals surface area contributed by atoms with E-state index in [1.54, 1.807) is 0 Å². The van der Waals surface area contributed by atoms with Crippen molar-refractivity contribution in [2.24, 2.45) is 16.2 Å². The lowest BCUT2D eigenvalue weighted by Crippen LogP contribution is -2.53. The van der Waals surface area contributed by atoms with E-state index >= 15 is 0 Å². The Morgan fingerprint density at radius 1 is 1.21 bits per heavy atom. The highest BCUT2D eigenvalue weighted by Crippen LogP contribution is 2.33. The molecule has 0 fully saturated rings. The fourth-order valence-corrected chi connectivity index (χ4v) is 5.32. The number of aromatic nitrogens is 2. The predicted octanol–water partition coefficient (Wildman–Crippen LogP) is 1.12. The van der Waals surface area contributed by atoms with E-state index in [2.05, 4.69) is 19.4 Å². The molecule has 1 aromatic carbocycles. The molecule has 1 atom stereocenters. The molecular weight excluding hydrogens is 472 g/mol. The van der Waals surface area contributed by atoms with Crippen LogP contribution in [0.25, 0.3) is 0 Å². The van der Waals surface area contributed by atoms with Gasteiger partial charge >= 0.3 is 0 Å². The van der Waals surface area contributed by atoms with Crippen LogP contribution in [0.15, 0.2) is 39.9 Å². The molecule has 0 radical (unpaired) electrons. The van der Waals surface area contributed by atoms with Gasteiger partial charge in [0.1, 0.15) is 10.7 Å². The van der Waals surface area contributed by atoms with Crippen LogP contribution in [-0.2, 0) is 24.8 Å². The van der Waals surface area contributed by atoms with E-state index in [0.29, 0.717) is 13.0 Å². The molecule has 0 spiro atoms. The van der Waals surface area contributed by atoms with Gasteiger partial charge in [-0.2, -0.15) is 8.42 Å². The first-order valence-electron chi connectivity index (χ1n) is 10.00. The Labute approximate surface area is 190 Å². The van der Waals surface area contributed by atoms with Gasteiger partial charge in [-0.25, -0.2) is 13.4 Å². The van der Waals surface area contributed by atoms with Crippen LogP contribution < -0.4 is 14.9 Å². The molecule has 2 aliphatic heterocycles. The van der Waals surface area contributed by atoms with E-state index < -0.39 is 37.8 Å². The van der Waals surface area contributed by atoms with Gasteiger partial charge in [0.2, 0.25) is 21.9 Å². The van der Waals surface area contributed by atoms with Gasteiger partial charge in [0.05, 0.1) is 11.9 Å². The lowest BCUT2D eigenvalue weighted by atomic mass is 10.0. The lowest BCUT2D eigenvalue weighted by molar-refractivity contribution is -0.120. The Balaban J connectivity index is 1.73. The van der Waals surface area contributed by atoms with Crippen molar-refractivity contribution >= 4 is 55.0 Å². The number of carbonyl (C=O) groups excluding carboxylic acids is 2. The maximum atomic E-state index is 13.3. The number of nitrogens with zero attached hydrogens (tertiary/aromatic N) is 4. The minimum atomic E-state index is -4.33. The lowest BCUT2D eigenvalue weighted by Gasteiger charge is -2.33. The third-order valence-corrected chi connectivity index (χ3v) is 7.04. The van der Waals surface area contributed by atoms with Crippen LogP contribution in [0.5, 0.6) is 0 Å². The Hall–Kier alpha value is -3.26. The van der Waals surface area contributed by atoms with Gasteiger partial charge in [-0.05, 0) is 30.5 Å². The van der Waals surface area contributed by atoms with Gasteiger partial charge in [0, 0.05) is 24.6 Å². The van der Waals surface area contributed by atoms with Crippen molar-refractivity contribution in [2.75, 3.05) is 27.7 Å². The third-order valence-electron chi connectivity index (χ3n) is 5.11. The highest BCUT2D eigenvalue weighted by molar-refractivity contribution is 7.92. The molecule has 2 aromatic rings. The third kappa shape index (κ3) is 4.35. The quantitative estimate of drug-likeness (QED) is 0.565. The highest BCUT2D eigenvalue weighted by atomic mass is 32.2. The second-order valence-corrected chi connectivity index (χ2v) is 11.5. The molecule has 33 heavy (non-hydrogen) atoms. The summed E-state index contributed by atoms with van der Waals surface area (Å²) in [6, 6.07) is 3.82. The fraction of sp³-hybridized carbons (Fsp3) is 0.368. The van der Waals surface area contributed by atoms with Crippen molar-refractivity contribution in [1.29, 1.82) is 0 Å². The van der Waals surface area contributed by atoms with Crippen LogP contribution >= 0.6 is 0 Å². The normalized spacial score (nSPS) is 19.6. The Morgan fingerprint density at radius 2 is 1.94 bits per heavy atom. The topological polar surface area (TPSA) is 160 Å². The summed E-state index contributed by atoms with van der Waals surface area (Å²) < 4.78 is 55.8. The van der Waals surface area contributed by atoms with Gasteiger partial charge in [-0.15, -0.1) is 4.40 Å². The average molecular weight is 495 g/mol. The molecule has 2 aliphatic rings. The van der Waals surface area contributed by atoms with Crippen LogP contribution in [0.1, 0.15) is 25.1 Å². The summed E-state index contributed by atoms with van der Waals surface area (Å²) in [4.78, 5) is 31.6. The summed E-state index contributed by atoms with van der Waals surface area (Å²) in [6.07, 6.45) is 4.39. The number of carbonyl (C=O) groups is 2. The summed E-state index contributed by atoms with van der Waals surface area (Å²) in [5.41, 5.74) is 0.109. The molecule has 3 heterocycles. The number of amides is 1. The van der Waals surface area contributed by atoms with Crippen LogP contribution in [0.4, 0.5) is 17.3 Å². The molecule has 0 bridgehead atoms. The zero-order chi connectivity index (χ0) is 24.1. The average Bonchev–Trinajstić information content (AvgIpc) is 3.16. The van der Waals surface area contributed by atoms with E-state index in [4.69, 9.17) is 0 Å². The van der Waals surface area contributed by atoms with E-state index in [1.165, 1.54) is 34.0 Å². The van der Waals surface area contributed by atoms with Crippen LogP contribution in [-0.4, -0.2) is 56.8 Å². The van der Waals surface area contributed by atoms with Gasteiger partial charge in [-0.3, -0.25) is 23.8 Å². The standard InChI is InChI=1S/C19H22N6O6S2/c1-11(2)6-8-24-17(26)15(18(27)25-9-7-20-19(24)25)16-21-13-5-4-12(22-32(3,28)29)10-14(13)33(30,31)23-16/h4-5,7,9-11,15,22H,6,8H2,1-3H3,(H,21,23)/t15-/m0/s1. The molecule has 0 saturated carbocycles. The number of nitrogens with one attached hydrogen (secondary N) is 2. The van der Waals surface area contributed by atoms with E-state index in [9.17, 15) is 26.4 Å². The number of fused-ring (bicyclic) bond motifs is 2. The Kier molecular flexibility index (Phi) is 5.52. The van der Waals surface area contributed by atoms with Crippen molar-refractivity contribution < 1.29 is 26.4 Å². The SMILES string of the molecule is CC(C)CCN1C(=O)[C@H](C2=NS(=O)(=O)c3cc(NS(C)(=O)=O)ccc3N2)C(=O)n2ccnc21. The van der Waals surface area contributed by atoms with Crippen LogP contribution in [0.2, 0.25) is 0 Å². The number of imidazole rings is 1. The zero-order valence-corrected chi connectivity index (χ0v) is 19.6. The molecule has 0 unspecified atom stereocenters. The molecular formula is C19H22N6O6S2. The molecule has 1 amide bonds. The monoisotopic (exact) mass is 494 g/mol. The molecule has 2 N–H and O–H groups in total. The number of amidine groups is 1. The maximum Gasteiger partial charge on any atom is 0.286 e. The summed E-state index contributed by atoms with van der Waals surface area (Å²) in [5.74, 6) is -2.67. The van der Waals surface area contributed by atoms with Gasteiger partial charge in [-0.1, -0.05) is 13.8 Å². The number of anilines is 3. The van der Waals surface area contributed by atoms with E-state index in [-0.39, 0.29) is 34.0 Å². The van der Waals surface area contributed by atoms with Crippen molar-refractivity contribution in [3.8, 4) is 0 Å². The fourth-order valence-electron chi connectivity index (χ4n) is 3.58. The molecule has 1 aromatic heterocycles. The highest BCUT2D eigenvalue weighted by Gasteiger charge is 2.45. The minimum Gasteiger partial charge on any atom is -0.341 e. The van der Waals surface area contributed by atoms with E-state index in [1.807, 2.05) is 13.8 Å². The smallest absolute Gasteiger partial charge is 0.286 e. The van der Waals surface area contributed by atoms with Crippen molar-refractivity contribution in [3.63, 3.8) is 0 Å². The Bertz CT molecular complexity index is 1390. The first-order chi connectivity index (χ1) is 15.4. The largest absolute Gasteiger partial charge is 0.341 e. The molecule has 0 saturated heterocycles. The molecule has 0 aliphatic carbocycles. The number of hydrogen-bond donors (Lipinski definition) is 2. The summed E-state index contributed by atoms with van der Waals surface area (Å²) >= 11 is 0. The van der Waals surface area contributed by atoms with Crippen molar-refractivity contribution in [1.82, 2.24) is 9.55 Å². The number of rotatable bonds is 6. The second-order valence-electron chi connectivity index (χ2n) is 8.20. The molecule has 4 rings (SSSR count). The van der Waals surface area contributed by atoms with E-state index in [0.717, 1.165) is 12.3 Å². The van der Waals surface area contributed by atoms with Gasteiger partial charge < -0.3 is 5.32 Å². The molecule has 176 valence electrons.